The number of hydrogen-bond acceptors (Lipinski definition) is 2. The smallest absolute Gasteiger partial charge is 0.255 e. The zero-order valence-corrected chi connectivity index (χ0v) is 20.0. The molecule has 4 heteroatoms. The second-order valence-electron chi connectivity index (χ2n) is 10.1. The lowest BCUT2D eigenvalue weighted by Crippen LogP contribution is -2.29. The quantitative estimate of drug-likeness (QED) is 0.396. The summed E-state index contributed by atoms with van der Waals surface area (Å²) in [7, 11) is 0. The Hall–Kier alpha value is -3.04. The molecule has 0 aromatic heterocycles. The number of fused-ring (bicyclic) bond motifs is 3. The van der Waals surface area contributed by atoms with Gasteiger partial charge in [0.25, 0.3) is 5.91 Å². The molecule has 1 aliphatic heterocycles. The van der Waals surface area contributed by atoms with E-state index in [-0.39, 0.29) is 17.4 Å². The van der Waals surface area contributed by atoms with Crippen molar-refractivity contribution in [3.63, 3.8) is 0 Å². The summed E-state index contributed by atoms with van der Waals surface area (Å²) in [6.45, 7) is 6.51. The monoisotopic (exact) mass is 456 g/mol. The highest BCUT2D eigenvalue weighted by molar-refractivity contribution is 6.31. The number of amides is 1. The predicted octanol–water partition coefficient (Wildman–Crippen LogP) is 7.72. The molecule has 3 aromatic rings. The minimum atomic E-state index is -0.0911. The number of halogens is 1. The SMILES string of the molecule is CC(C)(C)c1ccc(C(=O)Nc2ccc3c(c2)C2C=CCC2C(c2ccccc2Cl)N3)cc1. The van der Waals surface area contributed by atoms with E-state index in [1.54, 1.807) is 0 Å². The fourth-order valence-corrected chi connectivity index (χ4v) is 5.29. The van der Waals surface area contributed by atoms with Crippen LogP contribution in [0.25, 0.3) is 0 Å². The molecule has 0 saturated carbocycles. The number of carbonyl (C=O) groups is 1. The van der Waals surface area contributed by atoms with E-state index >= 15 is 0 Å². The van der Waals surface area contributed by atoms with Crippen LogP contribution in [0.3, 0.4) is 0 Å². The molecule has 0 radical (unpaired) electrons. The molecule has 3 aromatic carbocycles. The Morgan fingerprint density at radius 1 is 1.00 bits per heavy atom. The van der Waals surface area contributed by atoms with Crippen LogP contribution >= 0.6 is 11.6 Å². The van der Waals surface area contributed by atoms with Crippen LogP contribution in [0.2, 0.25) is 5.02 Å². The molecule has 1 amide bonds. The van der Waals surface area contributed by atoms with Crippen LogP contribution in [0.5, 0.6) is 0 Å². The van der Waals surface area contributed by atoms with E-state index in [2.05, 4.69) is 61.8 Å². The van der Waals surface area contributed by atoms with Crippen LogP contribution in [-0.4, -0.2) is 5.91 Å². The third-order valence-electron chi connectivity index (χ3n) is 6.87. The molecule has 3 unspecified atom stereocenters. The topological polar surface area (TPSA) is 41.1 Å². The van der Waals surface area contributed by atoms with Gasteiger partial charge in [0.1, 0.15) is 0 Å². The minimum absolute atomic E-state index is 0.0632. The Bertz CT molecular complexity index is 1220. The number of rotatable bonds is 3. The predicted molar refractivity (Wildman–Crippen MR) is 137 cm³/mol. The van der Waals surface area contributed by atoms with Crippen molar-refractivity contribution in [3.05, 3.63) is 106 Å². The number of benzene rings is 3. The molecule has 0 fully saturated rings. The Morgan fingerprint density at radius 3 is 2.48 bits per heavy atom. The lowest BCUT2D eigenvalue weighted by atomic mass is 9.77. The first-order valence-corrected chi connectivity index (χ1v) is 11.9. The number of hydrogen-bond donors (Lipinski definition) is 2. The van der Waals surface area contributed by atoms with Crippen LogP contribution in [0.15, 0.2) is 78.9 Å². The molecule has 3 nitrogen and oxygen atoms in total. The summed E-state index contributed by atoms with van der Waals surface area (Å²) < 4.78 is 0. The minimum Gasteiger partial charge on any atom is -0.378 e. The molecule has 5 rings (SSSR count). The Labute approximate surface area is 200 Å². The number of allylic oxidation sites excluding steroid dienone is 2. The average Bonchev–Trinajstić information content (AvgIpc) is 3.29. The number of anilines is 2. The van der Waals surface area contributed by atoms with Crippen molar-refractivity contribution in [2.45, 2.75) is 44.6 Å². The van der Waals surface area contributed by atoms with Crippen LogP contribution in [0.4, 0.5) is 11.4 Å². The summed E-state index contributed by atoms with van der Waals surface area (Å²) in [6.07, 6.45) is 5.56. The van der Waals surface area contributed by atoms with Crippen LogP contribution in [-0.2, 0) is 5.41 Å². The van der Waals surface area contributed by atoms with Gasteiger partial charge in [-0.2, -0.15) is 0 Å². The molecule has 1 aliphatic carbocycles. The molecule has 33 heavy (non-hydrogen) atoms. The molecule has 0 saturated heterocycles. The maximum atomic E-state index is 12.9. The van der Waals surface area contributed by atoms with Crippen LogP contribution in [0, 0.1) is 5.92 Å². The second-order valence-corrected chi connectivity index (χ2v) is 10.5. The van der Waals surface area contributed by atoms with E-state index < -0.39 is 0 Å². The standard InChI is InChI=1S/C29H29ClN2O/c1-29(2,3)19-13-11-18(12-14-19)28(33)31-20-15-16-26-24(17-20)21-8-6-9-22(21)27(32-26)23-7-4-5-10-25(23)30/h4-8,10-17,21-22,27,32H,9H2,1-3H3,(H,31,33). The first kappa shape index (κ1) is 21.8. The van der Waals surface area contributed by atoms with Gasteiger partial charge < -0.3 is 10.6 Å². The first-order chi connectivity index (χ1) is 15.8. The van der Waals surface area contributed by atoms with Gasteiger partial charge >= 0.3 is 0 Å². The molecule has 0 bridgehead atoms. The van der Waals surface area contributed by atoms with Crippen molar-refractivity contribution >= 4 is 28.9 Å². The molecule has 1 heterocycles. The fourth-order valence-electron chi connectivity index (χ4n) is 5.03. The highest BCUT2D eigenvalue weighted by atomic mass is 35.5. The normalized spacial score (nSPS) is 21.2. The molecular weight excluding hydrogens is 428 g/mol. The molecular formula is C29H29ClN2O. The molecule has 3 atom stereocenters. The van der Waals surface area contributed by atoms with E-state index in [4.69, 9.17) is 11.6 Å². The van der Waals surface area contributed by atoms with Gasteiger partial charge in [0.2, 0.25) is 0 Å². The summed E-state index contributed by atoms with van der Waals surface area (Å²) in [6, 6.07) is 22.3. The van der Waals surface area contributed by atoms with E-state index in [0.29, 0.717) is 17.4 Å². The summed E-state index contributed by atoms with van der Waals surface area (Å²) >= 11 is 6.54. The van der Waals surface area contributed by atoms with E-state index in [1.165, 1.54) is 11.1 Å². The average molecular weight is 457 g/mol. The Balaban J connectivity index is 1.39. The lowest BCUT2D eigenvalue weighted by Gasteiger charge is -2.38. The van der Waals surface area contributed by atoms with E-state index in [0.717, 1.165) is 28.4 Å². The zero-order valence-electron chi connectivity index (χ0n) is 19.2. The van der Waals surface area contributed by atoms with Gasteiger partial charge in [-0.3, -0.25) is 4.79 Å². The van der Waals surface area contributed by atoms with Gasteiger partial charge in [0.05, 0.1) is 6.04 Å². The first-order valence-electron chi connectivity index (χ1n) is 11.5. The third kappa shape index (κ3) is 4.18. The number of nitrogens with one attached hydrogen (secondary N) is 2. The largest absolute Gasteiger partial charge is 0.378 e. The summed E-state index contributed by atoms with van der Waals surface area (Å²) in [4.78, 5) is 12.9. The third-order valence-corrected chi connectivity index (χ3v) is 7.22. The van der Waals surface area contributed by atoms with Crippen molar-refractivity contribution in [3.8, 4) is 0 Å². The van der Waals surface area contributed by atoms with Gasteiger partial charge in [0.15, 0.2) is 0 Å². The Kier molecular flexibility index (Phi) is 5.54. The van der Waals surface area contributed by atoms with Gasteiger partial charge in [-0.25, -0.2) is 0 Å². The summed E-state index contributed by atoms with van der Waals surface area (Å²) in [5, 5.41) is 7.60. The maximum Gasteiger partial charge on any atom is 0.255 e. The molecule has 2 N–H and O–H groups in total. The van der Waals surface area contributed by atoms with Gasteiger partial charge in [-0.05, 0) is 70.8 Å². The van der Waals surface area contributed by atoms with Crippen LogP contribution < -0.4 is 10.6 Å². The maximum absolute atomic E-state index is 12.9. The van der Waals surface area contributed by atoms with E-state index in [9.17, 15) is 4.79 Å². The zero-order chi connectivity index (χ0) is 23.2. The highest BCUT2D eigenvalue weighted by Crippen LogP contribution is 2.51. The van der Waals surface area contributed by atoms with Gasteiger partial charge in [-0.1, -0.05) is 74.9 Å². The second kappa shape index (κ2) is 8.39. The summed E-state index contributed by atoms with van der Waals surface area (Å²) in [5.41, 5.74) is 6.21. The van der Waals surface area contributed by atoms with Crippen molar-refractivity contribution < 1.29 is 4.79 Å². The van der Waals surface area contributed by atoms with Gasteiger partial charge in [-0.15, -0.1) is 0 Å². The van der Waals surface area contributed by atoms with Crippen molar-refractivity contribution in [2.75, 3.05) is 10.6 Å². The number of carbonyl (C=O) groups excluding carboxylic acids is 1. The summed E-state index contributed by atoms with van der Waals surface area (Å²) in [5.74, 6) is 0.602. The Morgan fingerprint density at radius 2 is 1.76 bits per heavy atom. The lowest BCUT2D eigenvalue weighted by molar-refractivity contribution is 0.102. The molecule has 0 spiro atoms. The van der Waals surface area contributed by atoms with E-state index in [1.807, 2.05) is 48.5 Å². The van der Waals surface area contributed by atoms with Crippen molar-refractivity contribution in [1.29, 1.82) is 0 Å². The molecule has 2 aliphatic rings. The highest BCUT2D eigenvalue weighted by Gasteiger charge is 2.38. The van der Waals surface area contributed by atoms with Crippen LogP contribution in [0.1, 0.15) is 66.2 Å². The van der Waals surface area contributed by atoms with Crippen molar-refractivity contribution in [1.82, 2.24) is 0 Å². The fraction of sp³-hybridized carbons (Fsp3) is 0.276. The van der Waals surface area contributed by atoms with Gasteiger partial charge in [0, 0.05) is 27.9 Å². The van der Waals surface area contributed by atoms with Crippen molar-refractivity contribution in [2.24, 2.45) is 5.92 Å². The molecule has 168 valence electrons.